The molecule has 0 spiro atoms. The number of likely N-dealkylation sites (N-methyl/N-ethyl adjacent to an activating group) is 1. The van der Waals surface area contributed by atoms with Gasteiger partial charge in [0.15, 0.2) is 0 Å². The lowest BCUT2D eigenvalue weighted by molar-refractivity contribution is -0.174. The molecule has 0 aromatic carbocycles. The van der Waals surface area contributed by atoms with E-state index in [4.69, 9.17) is 5.11 Å². The molecule has 16 heavy (non-hydrogen) atoms. The summed E-state index contributed by atoms with van der Waals surface area (Å²) in [5.74, 6) is -1.19. The van der Waals surface area contributed by atoms with Crippen molar-refractivity contribution in [3.63, 3.8) is 0 Å². The molecular formula is C10H18F3NO2. The summed E-state index contributed by atoms with van der Waals surface area (Å²) in [7, 11) is 0. The first-order chi connectivity index (χ1) is 7.23. The van der Waals surface area contributed by atoms with Gasteiger partial charge in [-0.1, -0.05) is 20.8 Å². The lowest BCUT2D eigenvalue weighted by Crippen LogP contribution is -2.56. The van der Waals surface area contributed by atoms with Gasteiger partial charge in [-0.05, 0) is 19.4 Å². The number of aliphatic carboxylic acids is 1. The minimum Gasteiger partial charge on any atom is -0.480 e. The maximum Gasteiger partial charge on any atom is 0.401 e. The van der Waals surface area contributed by atoms with Crippen molar-refractivity contribution >= 4 is 5.97 Å². The molecule has 1 N–H and O–H groups in total. The van der Waals surface area contributed by atoms with Crippen molar-refractivity contribution < 1.29 is 23.1 Å². The van der Waals surface area contributed by atoms with E-state index in [0.29, 0.717) is 0 Å². The second-order valence-corrected chi connectivity index (χ2v) is 3.67. The SMILES string of the molecule is CCN(CC(F)(F)F)C(CC)(CC)C(=O)O. The number of hydrogen-bond donors (Lipinski definition) is 1. The zero-order valence-electron chi connectivity index (χ0n) is 9.76. The normalized spacial score (nSPS) is 13.2. The molecule has 6 heteroatoms. The third kappa shape index (κ3) is 3.37. The summed E-state index contributed by atoms with van der Waals surface area (Å²) in [6, 6.07) is 0. The van der Waals surface area contributed by atoms with Crippen molar-refractivity contribution in [2.75, 3.05) is 13.1 Å². The molecule has 0 aromatic heterocycles. The molecule has 0 rings (SSSR count). The Labute approximate surface area is 93.2 Å². The topological polar surface area (TPSA) is 40.5 Å². The average Bonchev–Trinajstić information content (AvgIpc) is 2.16. The lowest BCUT2D eigenvalue weighted by Gasteiger charge is -2.39. The second kappa shape index (κ2) is 5.52. The van der Waals surface area contributed by atoms with Crippen molar-refractivity contribution in [2.45, 2.75) is 45.3 Å². The average molecular weight is 241 g/mol. The Hall–Kier alpha value is -0.780. The molecule has 96 valence electrons. The predicted octanol–water partition coefficient (Wildman–Crippen LogP) is 2.51. The summed E-state index contributed by atoms with van der Waals surface area (Å²) in [6.07, 6.45) is -4.06. The monoisotopic (exact) mass is 241 g/mol. The summed E-state index contributed by atoms with van der Waals surface area (Å²) in [6.45, 7) is 3.60. The fourth-order valence-electron chi connectivity index (χ4n) is 1.92. The molecule has 0 aromatic rings. The number of rotatable bonds is 6. The van der Waals surface area contributed by atoms with E-state index in [-0.39, 0.29) is 19.4 Å². The highest BCUT2D eigenvalue weighted by Crippen LogP contribution is 2.28. The van der Waals surface area contributed by atoms with Crippen LogP contribution in [0, 0.1) is 0 Å². The summed E-state index contributed by atoms with van der Waals surface area (Å²) in [5.41, 5.74) is -1.41. The quantitative estimate of drug-likeness (QED) is 0.776. The van der Waals surface area contributed by atoms with Crippen LogP contribution in [0.4, 0.5) is 13.2 Å². The zero-order valence-corrected chi connectivity index (χ0v) is 9.76. The number of halogens is 3. The summed E-state index contributed by atoms with van der Waals surface area (Å²) in [5, 5.41) is 9.11. The molecule has 0 aliphatic rings. The van der Waals surface area contributed by atoms with Crippen molar-refractivity contribution in [3.05, 3.63) is 0 Å². The number of carboxylic acids is 1. The van der Waals surface area contributed by atoms with Crippen molar-refractivity contribution in [1.82, 2.24) is 4.90 Å². The third-order valence-electron chi connectivity index (χ3n) is 2.93. The molecule has 0 atom stereocenters. The van der Waals surface area contributed by atoms with Gasteiger partial charge in [0.25, 0.3) is 0 Å². The molecular weight excluding hydrogens is 223 g/mol. The van der Waals surface area contributed by atoms with Crippen LogP contribution in [0.3, 0.4) is 0 Å². The van der Waals surface area contributed by atoms with Gasteiger partial charge >= 0.3 is 12.1 Å². The highest BCUT2D eigenvalue weighted by molar-refractivity contribution is 5.78. The Morgan fingerprint density at radius 2 is 1.62 bits per heavy atom. The highest BCUT2D eigenvalue weighted by atomic mass is 19.4. The highest BCUT2D eigenvalue weighted by Gasteiger charge is 2.44. The largest absolute Gasteiger partial charge is 0.480 e. The zero-order chi connectivity index (χ0) is 13.0. The van der Waals surface area contributed by atoms with Crippen LogP contribution in [0.25, 0.3) is 0 Å². The van der Waals surface area contributed by atoms with E-state index < -0.39 is 24.2 Å². The minimum atomic E-state index is -4.37. The molecule has 0 bridgehead atoms. The first-order valence-electron chi connectivity index (χ1n) is 5.28. The fourth-order valence-corrected chi connectivity index (χ4v) is 1.92. The van der Waals surface area contributed by atoms with E-state index >= 15 is 0 Å². The Morgan fingerprint density at radius 3 is 1.81 bits per heavy atom. The van der Waals surface area contributed by atoms with E-state index in [1.807, 2.05) is 0 Å². The van der Waals surface area contributed by atoms with Gasteiger partial charge in [-0.2, -0.15) is 13.2 Å². The number of carboxylic acid groups (broad SMARTS) is 1. The van der Waals surface area contributed by atoms with E-state index in [9.17, 15) is 18.0 Å². The van der Waals surface area contributed by atoms with Gasteiger partial charge in [-0.3, -0.25) is 9.69 Å². The van der Waals surface area contributed by atoms with E-state index in [2.05, 4.69) is 0 Å². The Bertz CT molecular complexity index is 237. The maximum atomic E-state index is 12.3. The van der Waals surface area contributed by atoms with Gasteiger partial charge in [-0.25, -0.2) is 0 Å². The molecule has 0 saturated heterocycles. The predicted molar refractivity (Wildman–Crippen MR) is 54.3 cm³/mol. The number of alkyl halides is 3. The van der Waals surface area contributed by atoms with Crippen LogP contribution in [0.15, 0.2) is 0 Å². The van der Waals surface area contributed by atoms with Gasteiger partial charge in [0.2, 0.25) is 0 Å². The Morgan fingerprint density at radius 1 is 1.19 bits per heavy atom. The van der Waals surface area contributed by atoms with Crippen molar-refractivity contribution in [2.24, 2.45) is 0 Å². The van der Waals surface area contributed by atoms with E-state index in [1.54, 1.807) is 13.8 Å². The fraction of sp³-hybridized carbons (Fsp3) is 0.900. The number of nitrogens with zero attached hydrogens (tertiary/aromatic N) is 1. The van der Waals surface area contributed by atoms with Crippen LogP contribution >= 0.6 is 0 Å². The van der Waals surface area contributed by atoms with E-state index in [1.165, 1.54) is 6.92 Å². The molecule has 0 saturated carbocycles. The Balaban J connectivity index is 5.07. The molecule has 0 heterocycles. The van der Waals surface area contributed by atoms with Crippen LogP contribution in [0.1, 0.15) is 33.6 Å². The van der Waals surface area contributed by atoms with Crippen LogP contribution in [0.5, 0.6) is 0 Å². The first kappa shape index (κ1) is 15.2. The first-order valence-corrected chi connectivity index (χ1v) is 5.28. The standard InChI is InChI=1S/C10H18F3NO2/c1-4-9(5-2,8(15)16)14(6-3)7-10(11,12)13/h4-7H2,1-3H3,(H,15,16). The number of carbonyl (C=O) groups is 1. The van der Waals surface area contributed by atoms with E-state index in [0.717, 1.165) is 4.90 Å². The maximum absolute atomic E-state index is 12.3. The van der Waals surface area contributed by atoms with Gasteiger partial charge in [-0.15, -0.1) is 0 Å². The number of hydrogen-bond acceptors (Lipinski definition) is 2. The van der Waals surface area contributed by atoms with Crippen molar-refractivity contribution in [3.8, 4) is 0 Å². The molecule has 0 radical (unpaired) electrons. The molecule has 0 fully saturated rings. The van der Waals surface area contributed by atoms with Gasteiger partial charge < -0.3 is 5.11 Å². The molecule has 0 amide bonds. The van der Waals surface area contributed by atoms with Crippen molar-refractivity contribution in [1.29, 1.82) is 0 Å². The van der Waals surface area contributed by atoms with Gasteiger partial charge in [0.1, 0.15) is 5.54 Å². The van der Waals surface area contributed by atoms with Crippen LogP contribution in [-0.4, -0.2) is 40.8 Å². The Kier molecular flexibility index (Phi) is 5.25. The second-order valence-electron chi connectivity index (χ2n) is 3.67. The molecule has 3 nitrogen and oxygen atoms in total. The third-order valence-corrected chi connectivity index (χ3v) is 2.93. The molecule has 0 aliphatic heterocycles. The smallest absolute Gasteiger partial charge is 0.401 e. The van der Waals surface area contributed by atoms with Gasteiger partial charge in [0.05, 0.1) is 6.54 Å². The molecule has 0 aliphatic carbocycles. The van der Waals surface area contributed by atoms with Crippen LogP contribution in [0.2, 0.25) is 0 Å². The lowest BCUT2D eigenvalue weighted by atomic mass is 9.90. The van der Waals surface area contributed by atoms with Crippen LogP contribution < -0.4 is 0 Å². The summed E-state index contributed by atoms with van der Waals surface area (Å²) < 4.78 is 37.0. The van der Waals surface area contributed by atoms with Gasteiger partial charge in [0, 0.05) is 0 Å². The molecule has 0 unspecified atom stereocenters. The van der Waals surface area contributed by atoms with Crippen LogP contribution in [-0.2, 0) is 4.79 Å². The summed E-state index contributed by atoms with van der Waals surface area (Å²) in [4.78, 5) is 12.1. The minimum absolute atomic E-state index is 0.0630. The summed E-state index contributed by atoms with van der Waals surface area (Å²) >= 11 is 0.